The predicted molar refractivity (Wildman–Crippen MR) is 80.2 cm³/mol. The van der Waals surface area contributed by atoms with E-state index in [1.54, 1.807) is 24.3 Å². The van der Waals surface area contributed by atoms with Crippen molar-refractivity contribution in [2.75, 3.05) is 0 Å². The third-order valence-electron chi connectivity index (χ3n) is 2.94. The quantitative estimate of drug-likeness (QED) is 0.722. The largest absolute Gasteiger partial charge is 0.215 e. The molecule has 0 spiro atoms. The van der Waals surface area contributed by atoms with Gasteiger partial charge in [0.25, 0.3) is 0 Å². The number of benzene rings is 2. The average molecular weight is 288 g/mol. The summed E-state index contributed by atoms with van der Waals surface area (Å²) >= 11 is 1.30. The molecular weight excluding hydrogens is 280 g/mol. The normalized spacial score (nSPS) is 9.81. The van der Waals surface area contributed by atoms with E-state index in [-0.39, 0.29) is 0 Å². The summed E-state index contributed by atoms with van der Waals surface area (Å²) in [6, 6.07) is 18.6. The monoisotopic (exact) mass is 288 g/mol. The Bertz CT molecular complexity index is 866. The maximum atomic E-state index is 8.93. The zero-order valence-electron chi connectivity index (χ0n) is 10.8. The third-order valence-corrected chi connectivity index (χ3v) is 3.70. The van der Waals surface area contributed by atoms with Gasteiger partial charge in [-0.25, -0.2) is 4.98 Å². The van der Waals surface area contributed by atoms with E-state index in [4.69, 9.17) is 10.5 Å². The van der Waals surface area contributed by atoms with E-state index in [2.05, 4.69) is 21.5 Å². The average Bonchev–Trinajstić information content (AvgIpc) is 3.05. The van der Waals surface area contributed by atoms with Crippen molar-refractivity contribution >= 4 is 11.5 Å². The van der Waals surface area contributed by atoms with Crippen LogP contribution in [0.5, 0.6) is 0 Å². The summed E-state index contributed by atoms with van der Waals surface area (Å²) in [5.74, 6) is 0.608. The molecule has 0 atom stereocenters. The van der Waals surface area contributed by atoms with E-state index in [0.29, 0.717) is 17.0 Å². The lowest BCUT2D eigenvalue weighted by atomic mass is 10.1. The summed E-state index contributed by atoms with van der Waals surface area (Å²) in [5, 5.41) is 18.5. The smallest absolute Gasteiger partial charge is 0.173 e. The van der Waals surface area contributed by atoms with Crippen molar-refractivity contribution < 1.29 is 0 Å². The summed E-state index contributed by atoms with van der Waals surface area (Å²) in [6.07, 6.45) is 0. The summed E-state index contributed by atoms with van der Waals surface area (Å²) < 4.78 is 4.34. The van der Waals surface area contributed by atoms with Gasteiger partial charge in [0, 0.05) is 11.1 Å². The predicted octanol–water partition coefficient (Wildman–Crippen LogP) is 3.62. The minimum Gasteiger partial charge on any atom is -0.215 e. The van der Waals surface area contributed by atoms with Crippen LogP contribution in [0.1, 0.15) is 11.1 Å². The van der Waals surface area contributed by atoms with Gasteiger partial charge in [-0.15, -0.1) is 0 Å². The molecule has 0 unspecified atom stereocenters. The van der Waals surface area contributed by atoms with E-state index < -0.39 is 0 Å². The molecule has 98 valence electrons. The van der Waals surface area contributed by atoms with E-state index in [1.807, 2.05) is 24.3 Å². The van der Waals surface area contributed by atoms with Crippen molar-refractivity contribution in [3.8, 4) is 34.1 Å². The van der Waals surface area contributed by atoms with Crippen LogP contribution in [0.25, 0.3) is 22.0 Å². The van der Waals surface area contributed by atoms with Crippen molar-refractivity contribution in [2.24, 2.45) is 0 Å². The van der Waals surface area contributed by atoms with Gasteiger partial charge in [0.2, 0.25) is 0 Å². The molecule has 4 nitrogen and oxygen atoms in total. The van der Waals surface area contributed by atoms with Gasteiger partial charge in [0.1, 0.15) is 5.01 Å². The number of rotatable bonds is 2. The van der Waals surface area contributed by atoms with Crippen LogP contribution >= 0.6 is 11.5 Å². The highest BCUT2D eigenvalue weighted by Gasteiger charge is 2.09. The Balaban J connectivity index is 1.96. The molecule has 0 aliphatic rings. The molecule has 0 saturated carbocycles. The lowest BCUT2D eigenvalue weighted by molar-refractivity contribution is 1.32. The second-order valence-corrected chi connectivity index (χ2v) is 5.06. The van der Waals surface area contributed by atoms with Crippen LogP contribution in [0.4, 0.5) is 0 Å². The third kappa shape index (κ3) is 2.64. The lowest BCUT2D eigenvalue weighted by Gasteiger charge is -1.96. The molecule has 21 heavy (non-hydrogen) atoms. The Morgan fingerprint density at radius 1 is 0.857 bits per heavy atom. The molecule has 3 rings (SSSR count). The Kier molecular flexibility index (Phi) is 3.42. The molecule has 5 heteroatoms. The minimum absolute atomic E-state index is 0.585. The number of aromatic nitrogens is 2. The molecule has 0 N–H and O–H groups in total. The highest BCUT2D eigenvalue weighted by atomic mass is 32.1. The second kappa shape index (κ2) is 5.54. The van der Waals surface area contributed by atoms with Crippen molar-refractivity contribution in [3.63, 3.8) is 0 Å². The van der Waals surface area contributed by atoms with Crippen molar-refractivity contribution in [1.82, 2.24) is 9.36 Å². The Labute approximate surface area is 125 Å². The van der Waals surface area contributed by atoms with Crippen molar-refractivity contribution in [3.05, 3.63) is 59.7 Å². The lowest BCUT2D eigenvalue weighted by Crippen LogP contribution is -1.83. The van der Waals surface area contributed by atoms with Gasteiger partial charge in [-0.3, -0.25) is 0 Å². The van der Waals surface area contributed by atoms with Gasteiger partial charge in [-0.1, -0.05) is 24.3 Å². The standard InChI is InChI=1S/C16H8N4S/c17-9-11-4-6-13(7-5-11)16-19-15(20-21-16)14-3-1-2-12(8-14)10-18/h1-8H. The van der Waals surface area contributed by atoms with E-state index >= 15 is 0 Å². The SMILES string of the molecule is N#Cc1ccc(-c2nc(-c3cccc(C#N)c3)ns2)cc1. The number of hydrogen-bond acceptors (Lipinski definition) is 5. The maximum absolute atomic E-state index is 8.93. The highest BCUT2D eigenvalue weighted by molar-refractivity contribution is 7.09. The summed E-state index contributed by atoms with van der Waals surface area (Å²) in [5.41, 5.74) is 2.95. The zero-order chi connectivity index (χ0) is 14.7. The minimum atomic E-state index is 0.585. The first-order valence-corrected chi connectivity index (χ1v) is 6.92. The fourth-order valence-electron chi connectivity index (χ4n) is 1.87. The first-order chi connectivity index (χ1) is 10.3. The van der Waals surface area contributed by atoms with Crippen LogP contribution in [0.2, 0.25) is 0 Å². The van der Waals surface area contributed by atoms with Crippen LogP contribution in [0, 0.1) is 22.7 Å². The van der Waals surface area contributed by atoms with Gasteiger partial charge in [-0.05, 0) is 35.8 Å². The summed E-state index contributed by atoms with van der Waals surface area (Å²) in [6.45, 7) is 0. The van der Waals surface area contributed by atoms with Crippen molar-refractivity contribution in [1.29, 1.82) is 10.5 Å². The van der Waals surface area contributed by atoms with E-state index in [1.165, 1.54) is 11.5 Å². The molecule has 0 saturated heterocycles. The number of nitriles is 2. The summed E-state index contributed by atoms with van der Waals surface area (Å²) in [7, 11) is 0. The van der Waals surface area contributed by atoms with Gasteiger partial charge in [0.05, 0.1) is 23.3 Å². The molecule has 1 heterocycles. The van der Waals surface area contributed by atoms with E-state index in [9.17, 15) is 0 Å². The van der Waals surface area contributed by atoms with E-state index in [0.717, 1.165) is 16.1 Å². The van der Waals surface area contributed by atoms with Crippen LogP contribution in [-0.4, -0.2) is 9.36 Å². The second-order valence-electron chi connectivity index (χ2n) is 4.30. The van der Waals surface area contributed by atoms with Gasteiger partial charge in [-0.2, -0.15) is 14.9 Å². The first kappa shape index (κ1) is 13.0. The molecule has 1 aromatic heterocycles. The van der Waals surface area contributed by atoms with Crippen LogP contribution in [0.3, 0.4) is 0 Å². The topological polar surface area (TPSA) is 73.4 Å². The van der Waals surface area contributed by atoms with Gasteiger partial charge < -0.3 is 0 Å². The van der Waals surface area contributed by atoms with Gasteiger partial charge in [0.15, 0.2) is 5.82 Å². The Hall–Kier alpha value is -3.02. The molecule has 2 aromatic carbocycles. The Morgan fingerprint density at radius 2 is 1.62 bits per heavy atom. The van der Waals surface area contributed by atoms with Crippen molar-refractivity contribution in [2.45, 2.75) is 0 Å². The molecule has 0 fully saturated rings. The fourth-order valence-corrected chi connectivity index (χ4v) is 2.56. The number of hydrogen-bond donors (Lipinski definition) is 0. The van der Waals surface area contributed by atoms with Crippen LogP contribution in [-0.2, 0) is 0 Å². The summed E-state index contributed by atoms with van der Waals surface area (Å²) in [4.78, 5) is 4.50. The first-order valence-electron chi connectivity index (χ1n) is 6.15. The molecule has 3 aromatic rings. The highest BCUT2D eigenvalue weighted by Crippen LogP contribution is 2.26. The molecular formula is C16H8N4S. The molecule has 0 bridgehead atoms. The molecule has 0 amide bonds. The molecule has 0 aliphatic carbocycles. The zero-order valence-corrected chi connectivity index (χ0v) is 11.6. The fraction of sp³-hybridized carbons (Fsp3) is 0. The maximum Gasteiger partial charge on any atom is 0.173 e. The Morgan fingerprint density at radius 3 is 2.33 bits per heavy atom. The van der Waals surface area contributed by atoms with Gasteiger partial charge >= 0.3 is 0 Å². The molecule has 0 radical (unpaired) electrons. The number of nitrogens with zero attached hydrogens (tertiary/aromatic N) is 4. The van der Waals surface area contributed by atoms with Crippen LogP contribution in [0.15, 0.2) is 48.5 Å². The molecule has 0 aliphatic heterocycles. The van der Waals surface area contributed by atoms with Crippen LogP contribution < -0.4 is 0 Å².